The summed E-state index contributed by atoms with van der Waals surface area (Å²) in [5, 5.41) is 2.77. The van der Waals surface area contributed by atoms with Crippen LogP contribution in [0.1, 0.15) is 0 Å². The Bertz CT molecular complexity index is 386. The van der Waals surface area contributed by atoms with Crippen molar-refractivity contribution in [1.29, 1.82) is 0 Å². The van der Waals surface area contributed by atoms with E-state index < -0.39 is 0 Å². The zero-order valence-corrected chi connectivity index (χ0v) is 7.62. The third-order valence-corrected chi connectivity index (χ3v) is 2.27. The van der Waals surface area contributed by atoms with E-state index in [1.165, 1.54) is 11.3 Å². The average Bonchev–Trinajstić information content (AvgIpc) is 2.61. The zero-order valence-electron chi connectivity index (χ0n) is 6.81. The van der Waals surface area contributed by atoms with E-state index in [2.05, 4.69) is 4.98 Å². The van der Waals surface area contributed by atoms with Crippen molar-refractivity contribution >= 4 is 17.0 Å². The van der Waals surface area contributed by atoms with Crippen LogP contribution in [0.15, 0.2) is 36.0 Å². The van der Waals surface area contributed by atoms with Gasteiger partial charge >= 0.3 is 0 Å². The van der Waals surface area contributed by atoms with Gasteiger partial charge in [-0.25, -0.2) is 0 Å². The van der Waals surface area contributed by atoms with Gasteiger partial charge in [-0.15, -0.1) is 11.3 Å². The Balaban J connectivity index is 2.24. The SMILES string of the molecule is Nc1ccncc1Oc1cccs1. The number of hydrogen-bond donors (Lipinski definition) is 1. The topological polar surface area (TPSA) is 48.1 Å². The van der Waals surface area contributed by atoms with Crippen LogP contribution in [0.3, 0.4) is 0 Å². The lowest BCUT2D eigenvalue weighted by molar-refractivity contribution is 0.496. The number of nitrogens with zero attached hydrogens (tertiary/aromatic N) is 1. The second kappa shape index (κ2) is 3.45. The summed E-state index contributed by atoms with van der Waals surface area (Å²) < 4.78 is 5.48. The molecule has 0 fully saturated rings. The number of thiophene rings is 1. The number of aromatic nitrogens is 1. The highest BCUT2D eigenvalue weighted by atomic mass is 32.1. The molecule has 0 aliphatic carbocycles. The molecule has 2 aromatic rings. The van der Waals surface area contributed by atoms with Crippen LogP contribution in [0, 0.1) is 0 Å². The normalized spacial score (nSPS) is 9.85. The third-order valence-electron chi connectivity index (χ3n) is 1.52. The lowest BCUT2D eigenvalue weighted by Crippen LogP contribution is -1.90. The summed E-state index contributed by atoms with van der Waals surface area (Å²) >= 11 is 1.52. The summed E-state index contributed by atoms with van der Waals surface area (Å²) in [4.78, 5) is 3.93. The molecule has 2 N–H and O–H groups in total. The maximum absolute atomic E-state index is 5.68. The second-order valence-corrected chi connectivity index (χ2v) is 3.36. The molecule has 0 bridgehead atoms. The monoisotopic (exact) mass is 192 g/mol. The highest BCUT2D eigenvalue weighted by Gasteiger charge is 2.01. The van der Waals surface area contributed by atoms with Crippen molar-refractivity contribution < 1.29 is 4.74 Å². The Hall–Kier alpha value is -1.55. The molecule has 0 spiro atoms. The molecule has 13 heavy (non-hydrogen) atoms. The van der Waals surface area contributed by atoms with Crippen LogP contribution in [0.5, 0.6) is 10.8 Å². The van der Waals surface area contributed by atoms with Crippen LogP contribution in [0.2, 0.25) is 0 Å². The van der Waals surface area contributed by atoms with Gasteiger partial charge in [0, 0.05) is 6.20 Å². The zero-order chi connectivity index (χ0) is 9.10. The summed E-state index contributed by atoms with van der Waals surface area (Å²) in [6, 6.07) is 5.52. The molecule has 4 heteroatoms. The van der Waals surface area contributed by atoms with Gasteiger partial charge in [-0.2, -0.15) is 0 Å². The molecule has 0 aliphatic rings. The molecule has 0 amide bonds. The van der Waals surface area contributed by atoms with Crippen molar-refractivity contribution in [2.45, 2.75) is 0 Å². The average molecular weight is 192 g/mol. The van der Waals surface area contributed by atoms with E-state index in [1.807, 2.05) is 17.5 Å². The van der Waals surface area contributed by atoms with Crippen molar-refractivity contribution in [3.63, 3.8) is 0 Å². The van der Waals surface area contributed by atoms with Gasteiger partial charge in [0.25, 0.3) is 0 Å². The first kappa shape index (κ1) is 8.07. The number of pyridine rings is 1. The van der Waals surface area contributed by atoms with Gasteiger partial charge < -0.3 is 10.5 Å². The fourth-order valence-corrected chi connectivity index (χ4v) is 1.49. The van der Waals surface area contributed by atoms with Gasteiger partial charge in [0.15, 0.2) is 10.8 Å². The Kier molecular flexibility index (Phi) is 2.14. The Labute approximate surface area is 79.8 Å². The number of ether oxygens (including phenoxy) is 1. The first-order valence-electron chi connectivity index (χ1n) is 3.77. The van der Waals surface area contributed by atoms with E-state index in [1.54, 1.807) is 18.5 Å². The third kappa shape index (κ3) is 1.78. The minimum absolute atomic E-state index is 0.600. The lowest BCUT2D eigenvalue weighted by atomic mass is 10.4. The molecule has 0 aromatic carbocycles. The second-order valence-electron chi connectivity index (χ2n) is 2.45. The number of hydrogen-bond acceptors (Lipinski definition) is 4. The molecule has 66 valence electrons. The van der Waals surface area contributed by atoms with Crippen LogP contribution in [-0.4, -0.2) is 4.98 Å². The van der Waals surface area contributed by atoms with E-state index >= 15 is 0 Å². The maximum atomic E-state index is 5.68. The molecular weight excluding hydrogens is 184 g/mol. The van der Waals surface area contributed by atoms with E-state index in [9.17, 15) is 0 Å². The Morgan fingerprint density at radius 1 is 1.38 bits per heavy atom. The highest BCUT2D eigenvalue weighted by molar-refractivity contribution is 7.11. The van der Waals surface area contributed by atoms with Gasteiger partial charge in [-0.1, -0.05) is 0 Å². The lowest BCUT2D eigenvalue weighted by Gasteiger charge is -2.03. The van der Waals surface area contributed by atoms with Gasteiger partial charge in [-0.3, -0.25) is 4.98 Å². The van der Waals surface area contributed by atoms with Gasteiger partial charge in [0.05, 0.1) is 11.9 Å². The van der Waals surface area contributed by atoms with Gasteiger partial charge in [0.1, 0.15) is 0 Å². The number of anilines is 1. The minimum Gasteiger partial charge on any atom is -0.443 e. The number of nitrogens with two attached hydrogens (primary N) is 1. The molecule has 2 heterocycles. The molecule has 0 radical (unpaired) electrons. The summed E-state index contributed by atoms with van der Waals surface area (Å²) in [7, 11) is 0. The fourth-order valence-electron chi connectivity index (χ4n) is 0.906. The minimum atomic E-state index is 0.600. The van der Waals surface area contributed by atoms with Gasteiger partial charge in [-0.05, 0) is 23.6 Å². The highest BCUT2D eigenvalue weighted by Crippen LogP contribution is 2.28. The van der Waals surface area contributed by atoms with Crippen molar-refractivity contribution in [3.05, 3.63) is 36.0 Å². The van der Waals surface area contributed by atoms with Crippen LogP contribution < -0.4 is 10.5 Å². The molecule has 0 saturated carbocycles. The summed E-state index contributed by atoms with van der Waals surface area (Å²) in [6.45, 7) is 0. The van der Waals surface area contributed by atoms with Crippen molar-refractivity contribution in [2.24, 2.45) is 0 Å². The fraction of sp³-hybridized carbons (Fsp3) is 0. The molecule has 2 rings (SSSR count). The largest absolute Gasteiger partial charge is 0.443 e. The quantitative estimate of drug-likeness (QED) is 0.795. The van der Waals surface area contributed by atoms with E-state index in [0.717, 1.165) is 5.06 Å². The summed E-state index contributed by atoms with van der Waals surface area (Å²) in [5.41, 5.74) is 6.28. The molecular formula is C9H8N2OS. The van der Waals surface area contributed by atoms with Crippen molar-refractivity contribution in [3.8, 4) is 10.8 Å². The van der Waals surface area contributed by atoms with Crippen LogP contribution in [-0.2, 0) is 0 Å². The summed E-state index contributed by atoms with van der Waals surface area (Å²) in [6.07, 6.45) is 3.24. The first-order valence-corrected chi connectivity index (χ1v) is 4.65. The van der Waals surface area contributed by atoms with E-state index in [4.69, 9.17) is 10.5 Å². The Morgan fingerprint density at radius 3 is 3.00 bits per heavy atom. The number of rotatable bonds is 2. The molecule has 0 saturated heterocycles. The first-order chi connectivity index (χ1) is 6.36. The smallest absolute Gasteiger partial charge is 0.181 e. The van der Waals surface area contributed by atoms with E-state index in [0.29, 0.717) is 11.4 Å². The van der Waals surface area contributed by atoms with Crippen molar-refractivity contribution in [1.82, 2.24) is 4.98 Å². The molecule has 0 atom stereocenters. The molecule has 3 nitrogen and oxygen atoms in total. The predicted molar refractivity (Wildman–Crippen MR) is 53.0 cm³/mol. The van der Waals surface area contributed by atoms with Crippen molar-refractivity contribution in [2.75, 3.05) is 5.73 Å². The van der Waals surface area contributed by atoms with Gasteiger partial charge in [0.2, 0.25) is 0 Å². The van der Waals surface area contributed by atoms with Crippen LogP contribution in [0.4, 0.5) is 5.69 Å². The van der Waals surface area contributed by atoms with Crippen LogP contribution in [0.25, 0.3) is 0 Å². The predicted octanol–water partition coefficient (Wildman–Crippen LogP) is 2.52. The van der Waals surface area contributed by atoms with Crippen LogP contribution >= 0.6 is 11.3 Å². The molecule has 0 aliphatic heterocycles. The molecule has 0 unspecified atom stereocenters. The van der Waals surface area contributed by atoms with E-state index in [-0.39, 0.29) is 0 Å². The standard InChI is InChI=1S/C9H8N2OS/c10-7-3-4-11-6-8(7)12-9-2-1-5-13-9/h1-6H,(H2,10,11). The summed E-state index contributed by atoms with van der Waals surface area (Å²) in [5.74, 6) is 0.602. The Morgan fingerprint density at radius 2 is 2.31 bits per heavy atom. The molecule has 2 aromatic heterocycles. The number of nitrogen functional groups attached to an aromatic ring is 1. The maximum Gasteiger partial charge on any atom is 0.181 e.